The van der Waals surface area contributed by atoms with Crippen molar-refractivity contribution >= 4 is 33.7 Å². The van der Waals surface area contributed by atoms with Gasteiger partial charge in [-0.05, 0) is 34.7 Å². The van der Waals surface area contributed by atoms with Crippen molar-refractivity contribution in [1.29, 1.82) is 0 Å². The molecule has 0 saturated heterocycles. The second-order valence-corrected chi connectivity index (χ2v) is 3.43. The van der Waals surface area contributed by atoms with Gasteiger partial charge in [-0.25, -0.2) is 0 Å². The van der Waals surface area contributed by atoms with E-state index in [1.54, 1.807) is 0 Å². The Hall–Kier alpha value is -0.780. The Morgan fingerprint density at radius 3 is 3.00 bits per heavy atom. The Morgan fingerprint density at radius 1 is 1.50 bits per heavy atom. The Bertz CT molecular complexity index is 410. The van der Waals surface area contributed by atoms with Crippen molar-refractivity contribution in [3.05, 3.63) is 21.8 Å². The number of rotatable bonds is 1. The first-order valence-corrected chi connectivity index (χ1v) is 4.48. The topological polar surface area (TPSA) is 35.3 Å². The molecule has 0 amide bonds. The second-order valence-electron chi connectivity index (χ2n) is 2.27. The summed E-state index contributed by atoms with van der Waals surface area (Å²) in [5, 5.41) is 0. The number of methoxy groups -OCH3 is 1. The molecule has 0 saturated carbocycles. The lowest BCUT2D eigenvalue weighted by Gasteiger charge is -1.88. The van der Waals surface area contributed by atoms with Crippen LogP contribution in [0.3, 0.4) is 0 Å². The summed E-state index contributed by atoms with van der Waals surface area (Å²) in [5.41, 5.74) is 1.62. The van der Waals surface area contributed by atoms with Crippen molar-refractivity contribution in [2.45, 2.75) is 0 Å². The first kappa shape index (κ1) is 7.85. The van der Waals surface area contributed by atoms with Crippen LogP contribution in [0.1, 0.15) is 0 Å². The number of aromatic nitrogens is 1. The highest BCUT2D eigenvalue weighted by molar-refractivity contribution is 14.1. The lowest BCUT2D eigenvalue weighted by atomic mass is 10.3. The number of oxazole rings is 1. The van der Waals surface area contributed by atoms with Gasteiger partial charge >= 0.3 is 6.08 Å². The third-order valence-electron chi connectivity index (χ3n) is 1.52. The van der Waals surface area contributed by atoms with Gasteiger partial charge in [-0.1, -0.05) is 6.07 Å². The molecule has 0 atom stereocenters. The van der Waals surface area contributed by atoms with Crippen LogP contribution in [-0.4, -0.2) is 12.1 Å². The Labute approximate surface area is 82.9 Å². The molecule has 2 rings (SSSR count). The monoisotopic (exact) mass is 275 g/mol. The number of nitrogens with zero attached hydrogens (tertiary/aromatic N) is 1. The van der Waals surface area contributed by atoms with Crippen LogP contribution in [0.2, 0.25) is 0 Å². The molecule has 0 radical (unpaired) electrons. The van der Waals surface area contributed by atoms with Crippen molar-refractivity contribution in [2.24, 2.45) is 0 Å². The van der Waals surface area contributed by atoms with Gasteiger partial charge in [0.25, 0.3) is 0 Å². The van der Waals surface area contributed by atoms with E-state index in [1.807, 2.05) is 18.2 Å². The van der Waals surface area contributed by atoms with Crippen molar-refractivity contribution in [1.82, 2.24) is 4.98 Å². The summed E-state index contributed by atoms with van der Waals surface area (Å²) in [5.74, 6) is 0. The molecule has 0 N–H and O–H groups in total. The molecule has 1 aromatic heterocycles. The van der Waals surface area contributed by atoms with Gasteiger partial charge in [-0.2, -0.15) is 4.98 Å². The molecule has 0 aliphatic rings. The van der Waals surface area contributed by atoms with Crippen molar-refractivity contribution < 1.29 is 9.15 Å². The first-order chi connectivity index (χ1) is 5.81. The minimum Gasteiger partial charge on any atom is -0.453 e. The Morgan fingerprint density at radius 2 is 2.33 bits per heavy atom. The fraction of sp³-hybridized carbons (Fsp3) is 0.125. The molecule has 3 nitrogen and oxygen atoms in total. The van der Waals surface area contributed by atoms with Gasteiger partial charge in [0.05, 0.1) is 10.7 Å². The lowest BCUT2D eigenvalue weighted by Crippen LogP contribution is -1.79. The highest BCUT2D eigenvalue weighted by Crippen LogP contribution is 2.24. The molecular formula is C8H6INO2. The van der Waals surface area contributed by atoms with E-state index < -0.39 is 0 Å². The summed E-state index contributed by atoms with van der Waals surface area (Å²) in [6.45, 7) is 0. The van der Waals surface area contributed by atoms with E-state index in [4.69, 9.17) is 9.15 Å². The summed E-state index contributed by atoms with van der Waals surface area (Å²) in [6.07, 6.45) is 0.314. The standard InChI is InChI=1S/C8H6INO2/c1-11-8-10-6-4-2-3-5(9)7(6)12-8/h2-4H,1H3. The molecule has 0 aliphatic heterocycles. The molecule has 0 spiro atoms. The largest absolute Gasteiger partial charge is 0.453 e. The zero-order valence-electron chi connectivity index (χ0n) is 6.37. The van der Waals surface area contributed by atoms with Crippen LogP contribution >= 0.6 is 22.6 Å². The Kier molecular flexibility index (Phi) is 1.92. The third kappa shape index (κ3) is 1.16. The van der Waals surface area contributed by atoms with Gasteiger partial charge in [0.2, 0.25) is 0 Å². The number of benzene rings is 1. The fourth-order valence-electron chi connectivity index (χ4n) is 0.982. The minimum absolute atomic E-state index is 0.314. The van der Waals surface area contributed by atoms with E-state index in [-0.39, 0.29) is 0 Å². The number of ether oxygens (including phenoxy) is 1. The van der Waals surface area contributed by atoms with E-state index in [2.05, 4.69) is 27.6 Å². The summed E-state index contributed by atoms with van der Waals surface area (Å²) in [7, 11) is 1.54. The van der Waals surface area contributed by atoms with Crippen LogP contribution < -0.4 is 4.74 Å². The molecule has 0 fully saturated rings. The average Bonchev–Trinajstić information content (AvgIpc) is 2.49. The van der Waals surface area contributed by atoms with Crippen LogP contribution in [-0.2, 0) is 0 Å². The Balaban J connectivity index is 2.74. The van der Waals surface area contributed by atoms with Gasteiger partial charge in [0.1, 0.15) is 5.52 Å². The summed E-state index contributed by atoms with van der Waals surface area (Å²) < 4.78 is 11.2. The van der Waals surface area contributed by atoms with Gasteiger partial charge in [-0.3, -0.25) is 0 Å². The van der Waals surface area contributed by atoms with Crippen LogP contribution in [0.5, 0.6) is 6.08 Å². The average molecular weight is 275 g/mol. The van der Waals surface area contributed by atoms with Crippen LogP contribution in [0.25, 0.3) is 11.1 Å². The summed E-state index contributed by atoms with van der Waals surface area (Å²) in [6, 6.07) is 5.79. The second kappa shape index (κ2) is 2.93. The fourth-order valence-corrected chi connectivity index (χ4v) is 1.58. The predicted molar refractivity (Wildman–Crippen MR) is 53.3 cm³/mol. The highest BCUT2D eigenvalue weighted by atomic mass is 127. The van der Waals surface area contributed by atoms with E-state index in [1.165, 1.54) is 7.11 Å². The number of hydrogen-bond donors (Lipinski definition) is 0. The molecule has 0 bridgehead atoms. The van der Waals surface area contributed by atoms with E-state index in [0.717, 1.165) is 14.7 Å². The van der Waals surface area contributed by atoms with Crippen molar-refractivity contribution in [3.8, 4) is 6.08 Å². The zero-order chi connectivity index (χ0) is 8.55. The SMILES string of the molecule is COc1nc2cccc(I)c2o1. The third-order valence-corrected chi connectivity index (χ3v) is 2.37. The molecule has 4 heteroatoms. The van der Waals surface area contributed by atoms with Crippen LogP contribution in [0, 0.1) is 3.57 Å². The number of para-hydroxylation sites is 1. The van der Waals surface area contributed by atoms with E-state index >= 15 is 0 Å². The molecule has 12 heavy (non-hydrogen) atoms. The summed E-state index contributed by atoms with van der Waals surface area (Å²) >= 11 is 2.20. The smallest absolute Gasteiger partial charge is 0.394 e. The molecule has 1 aromatic carbocycles. The van der Waals surface area contributed by atoms with Crippen molar-refractivity contribution in [2.75, 3.05) is 7.11 Å². The number of halogens is 1. The molecule has 1 heterocycles. The molecule has 2 aromatic rings. The first-order valence-electron chi connectivity index (χ1n) is 3.40. The molecule has 0 aliphatic carbocycles. The maximum Gasteiger partial charge on any atom is 0.394 e. The highest BCUT2D eigenvalue weighted by Gasteiger charge is 2.06. The van der Waals surface area contributed by atoms with Gasteiger partial charge in [-0.15, -0.1) is 0 Å². The molecule has 0 unspecified atom stereocenters. The zero-order valence-corrected chi connectivity index (χ0v) is 8.53. The quantitative estimate of drug-likeness (QED) is 0.750. The normalized spacial score (nSPS) is 10.5. The molecule has 62 valence electrons. The maximum atomic E-state index is 5.31. The van der Waals surface area contributed by atoms with Crippen LogP contribution in [0.4, 0.5) is 0 Å². The summed E-state index contributed by atoms with van der Waals surface area (Å²) in [4.78, 5) is 4.10. The van der Waals surface area contributed by atoms with Gasteiger partial charge in [0.15, 0.2) is 5.58 Å². The number of hydrogen-bond acceptors (Lipinski definition) is 3. The number of fused-ring (bicyclic) bond motifs is 1. The predicted octanol–water partition coefficient (Wildman–Crippen LogP) is 2.44. The van der Waals surface area contributed by atoms with Gasteiger partial charge in [0, 0.05) is 0 Å². The maximum absolute atomic E-state index is 5.31. The van der Waals surface area contributed by atoms with Gasteiger partial charge < -0.3 is 9.15 Å². The molecular weight excluding hydrogens is 269 g/mol. The minimum atomic E-state index is 0.314. The lowest BCUT2D eigenvalue weighted by molar-refractivity contribution is 0.299. The van der Waals surface area contributed by atoms with E-state index in [9.17, 15) is 0 Å². The van der Waals surface area contributed by atoms with E-state index in [0.29, 0.717) is 6.08 Å². The van der Waals surface area contributed by atoms with Crippen LogP contribution in [0.15, 0.2) is 22.6 Å². The van der Waals surface area contributed by atoms with Crippen molar-refractivity contribution in [3.63, 3.8) is 0 Å².